The number of fused-ring (bicyclic) bond motifs is 1. The summed E-state index contributed by atoms with van der Waals surface area (Å²) in [4.78, 5) is 25.5. The van der Waals surface area contributed by atoms with Gasteiger partial charge in [-0.3, -0.25) is 9.59 Å². The lowest BCUT2D eigenvalue weighted by atomic mass is 10.1. The summed E-state index contributed by atoms with van der Waals surface area (Å²) in [5.74, 6) is -0.877. The van der Waals surface area contributed by atoms with E-state index < -0.39 is 5.91 Å². The van der Waals surface area contributed by atoms with E-state index in [1.165, 1.54) is 30.3 Å². The van der Waals surface area contributed by atoms with Gasteiger partial charge < -0.3 is 15.1 Å². The normalized spacial score (nSPS) is 26.3. The zero-order chi connectivity index (χ0) is 16.8. The van der Waals surface area contributed by atoms with Gasteiger partial charge in [0, 0.05) is 25.4 Å². The van der Waals surface area contributed by atoms with Crippen molar-refractivity contribution in [1.82, 2.24) is 9.91 Å². The Morgan fingerprint density at radius 2 is 2.22 bits per heavy atom. The molecule has 7 nitrogen and oxygen atoms in total. The Bertz CT molecular complexity index is 708. The van der Waals surface area contributed by atoms with Gasteiger partial charge in [-0.05, 0) is 25.1 Å². The van der Waals surface area contributed by atoms with Gasteiger partial charge in [0.2, 0.25) is 5.91 Å². The minimum absolute atomic E-state index is 0.156. The fourth-order valence-corrected chi connectivity index (χ4v) is 4.07. The highest BCUT2D eigenvalue weighted by atomic mass is 32.2. The van der Waals surface area contributed by atoms with Gasteiger partial charge in [-0.15, -0.1) is 11.8 Å². The van der Waals surface area contributed by atoms with E-state index in [1.807, 2.05) is 11.8 Å². The maximum absolute atomic E-state index is 12.3. The molecule has 0 spiro atoms. The maximum Gasteiger partial charge on any atom is 0.273 e. The van der Waals surface area contributed by atoms with Crippen LogP contribution in [0.4, 0.5) is 0 Å². The van der Waals surface area contributed by atoms with E-state index in [2.05, 4.69) is 5.10 Å². The monoisotopic (exact) mass is 335 g/mol. The molecule has 3 rings (SSSR count). The molecule has 0 saturated carbocycles. The van der Waals surface area contributed by atoms with Gasteiger partial charge in [0.1, 0.15) is 0 Å². The van der Waals surface area contributed by atoms with Crippen LogP contribution in [0.2, 0.25) is 0 Å². The summed E-state index contributed by atoms with van der Waals surface area (Å²) in [6.07, 6.45) is 2.25. The molecule has 8 heteroatoms. The number of carbonyl (C=O) groups is 2. The molecule has 0 bridgehead atoms. The number of amides is 2. The number of benzene rings is 1. The number of carbonyl (C=O) groups excluding carboxylic acids is 2. The number of hydrogen-bond donors (Lipinski definition) is 2. The van der Waals surface area contributed by atoms with Gasteiger partial charge in [-0.1, -0.05) is 0 Å². The highest BCUT2D eigenvalue weighted by Crippen LogP contribution is 2.45. The third-order valence-corrected chi connectivity index (χ3v) is 5.39. The Morgan fingerprint density at radius 3 is 2.83 bits per heavy atom. The van der Waals surface area contributed by atoms with E-state index in [0.29, 0.717) is 13.0 Å². The molecule has 0 aromatic heterocycles. The first kappa shape index (κ1) is 15.7. The van der Waals surface area contributed by atoms with Crippen LogP contribution in [0.1, 0.15) is 23.7 Å². The molecule has 0 unspecified atom stereocenters. The Kier molecular flexibility index (Phi) is 3.71. The second-order valence-corrected chi connectivity index (χ2v) is 7.60. The summed E-state index contributed by atoms with van der Waals surface area (Å²) in [7, 11) is 1.52. The SMILES string of the molecule is CN(/N=C/[C@@]1(C)CN2C(=O)C[C@H]2S1)C(=O)c1ccc(O)c(O)c1. The van der Waals surface area contributed by atoms with Crippen molar-refractivity contribution < 1.29 is 19.8 Å². The Labute approximate surface area is 137 Å². The molecular weight excluding hydrogens is 318 g/mol. The van der Waals surface area contributed by atoms with Crippen LogP contribution in [0.15, 0.2) is 23.3 Å². The summed E-state index contributed by atoms with van der Waals surface area (Å²) >= 11 is 1.67. The van der Waals surface area contributed by atoms with Crippen LogP contribution in [0, 0.1) is 0 Å². The number of rotatable bonds is 3. The summed E-state index contributed by atoms with van der Waals surface area (Å²) < 4.78 is -0.317. The van der Waals surface area contributed by atoms with Crippen LogP contribution in [-0.2, 0) is 4.79 Å². The predicted octanol–water partition coefficient (Wildman–Crippen LogP) is 1.22. The van der Waals surface area contributed by atoms with Crippen molar-refractivity contribution in [2.75, 3.05) is 13.6 Å². The average molecular weight is 335 g/mol. The molecule has 2 aliphatic rings. The third kappa shape index (κ3) is 2.86. The van der Waals surface area contributed by atoms with E-state index in [0.717, 1.165) is 0 Å². The third-order valence-electron chi connectivity index (χ3n) is 3.93. The molecule has 2 fully saturated rings. The number of hydrogen-bond acceptors (Lipinski definition) is 6. The molecule has 2 heterocycles. The molecule has 1 aromatic carbocycles. The molecule has 2 aliphatic heterocycles. The highest BCUT2D eigenvalue weighted by molar-refractivity contribution is 8.02. The lowest BCUT2D eigenvalue weighted by Gasteiger charge is -2.32. The standard InChI is InChI=1S/C15H17N3O4S/c1-15(8-18-12(21)6-13(18)23-15)7-16-17(2)14(22)9-3-4-10(19)11(20)5-9/h3-5,7,13,19-20H,6,8H2,1-2H3/b16-7+/t13-,15+/m1/s1. The van der Waals surface area contributed by atoms with Gasteiger partial charge in [0.25, 0.3) is 5.91 Å². The van der Waals surface area contributed by atoms with E-state index >= 15 is 0 Å². The van der Waals surface area contributed by atoms with Gasteiger partial charge in [-0.25, -0.2) is 5.01 Å². The number of nitrogens with zero attached hydrogens (tertiary/aromatic N) is 3. The molecule has 0 radical (unpaired) electrons. The Balaban J connectivity index is 1.68. The zero-order valence-electron chi connectivity index (χ0n) is 12.8. The first-order valence-electron chi connectivity index (χ1n) is 7.11. The van der Waals surface area contributed by atoms with Crippen molar-refractivity contribution in [3.8, 4) is 11.5 Å². The molecule has 2 saturated heterocycles. The fourth-order valence-electron chi connectivity index (χ4n) is 2.58. The summed E-state index contributed by atoms with van der Waals surface area (Å²) in [5.41, 5.74) is 0.225. The van der Waals surface area contributed by atoms with Gasteiger partial charge in [0.15, 0.2) is 11.5 Å². The number of aromatic hydroxyl groups is 2. The van der Waals surface area contributed by atoms with Gasteiger partial charge in [-0.2, -0.15) is 5.10 Å². The van der Waals surface area contributed by atoms with Crippen LogP contribution in [0.5, 0.6) is 11.5 Å². The lowest BCUT2D eigenvalue weighted by Crippen LogP contribution is -2.47. The quantitative estimate of drug-likeness (QED) is 0.375. The Hall–Kier alpha value is -2.22. The minimum atomic E-state index is -0.400. The summed E-state index contributed by atoms with van der Waals surface area (Å²) in [6, 6.07) is 3.87. The smallest absolute Gasteiger partial charge is 0.273 e. The van der Waals surface area contributed by atoms with Gasteiger partial charge in [0.05, 0.1) is 16.5 Å². The Morgan fingerprint density at radius 1 is 1.48 bits per heavy atom. The largest absolute Gasteiger partial charge is 0.504 e. The second kappa shape index (κ2) is 5.45. The minimum Gasteiger partial charge on any atom is -0.504 e. The molecule has 122 valence electrons. The van der Waals surface area contributed by atoms with Crippen molar-refractivity contribution >= 4 is 29.8 Å². The number of hydrazone groups is 1. The summed E-state index contributed by atoms with van der Waals surface area (Å²) in [5, 5.41) is 24.3. The van der Waals surface area contributed by atoms with E-state index in [-0.39, 0.29) is 33.1 Å². The first-order valence-corrected chi connectivity index (χ1v) is 7.99. The van der Waals surface area contributed by atoms with Crippen LogP contribution in [0.25, 0.3) is 0 Å². The molecule has 2 N–H and O–H groups in total. The molecule has 2 amide bonds. The van der Waals surface area contributed by atoms with Gasteiger partial charge >= 0.3 is 0 Å². The molecular formula is C15H17N3O4S. The lowest BCUT2D eigenvalue weighted by molar-refractivity contribution is -0.140. The van der Waals surface area contributed by atoms with E-state index in [4.69, 9.17) is 0 Å². The van der Waals surface area contributed by atoms with Crippen LogP contribution >= 0.6 is 11.8 Å². The fraction of sp³-hybridized carbons (Fsp3) is 0.400. The number of thioether (sulfide) groups is 1. The van der Waals surface area contributed by atoms with Crippen LogP contribution in [-0.4, -0.2) is 61.9 Å². The van der Waals surface area contributed by atoms with Crippen molar-refractivity contribution in [2.24, 2.45) is 5.10 Å². The zero-order valence-corrected chi connectivity index (χ0v) is 13.6. The topological polar surface area (TPSA) is 93.4 Å². The van der Waals surface area contributed by atoms with Crippen molar-refractivity contribution in [3.05, 3.63) is 23.8 Å². The van der Waals surface area contributed by atoms with Crippen molar-refractivity contribution in [3.63, 3.8) is 0 Å². The van der Waals surface area contributed by atoms with Crippen molar-refractivity contribution in [2.45, 2.75) is 23.5 Å². The number of phenols is 2. The predicted molar refractivity (Wildman–Crippen MR) is 86.5 cm³/mol. The molecule has 0 aliphatic carbocycles. The molecule has 23 heavy (non-hydrogen) atoms. The molecule has 1 aromatic rings. The number of β-lactam (4-membered cyclic amide) rings is 1. The summed E-state index contributed by atoms with van der Waals surface area (Å²) in [6.45, 7) is 2.57. The first-order chi connectivity index (χ1) is 10.8. The van der Waals surface area contributed by atoms with Crippen LogP contribution in [0.3, 0.4) is 0 Å². The number of phenolic OH excluding ortho intramolecular Hbond substituents is 2. The highest BCUT2D eigenvalue weighted by Gasteiger charge is 2.49. The van der Waals surface area contributed by atoms with Crippen LogP contribution < -0.4 is 0 Å². The van der Waals surface area contributed by atoms with E-state index in [1.54, 1.807) is 18.0 Å². The van der Waals surface area contributed by atoms with Crippen molar-refractivity contribution in [1.29, 1.82) is 0 Å². The molecule has 2 atom stereocenters. The maximum atomic E-state index is 12.3. The second-order valence-electron chi connectivity index (χ2n) is 5.89. The average Bonchev–Trinajstić information content (AvgIpc) is 2.79. The van der Waals surface area contributed by atoms with E-state index in [9.17, 15) is 19.8 Å².